The van der Waals surface area contributed by atoms with Gasteiger partial charge in [-0.2, -0.15) is 0 Å². The van der Waals surface area contributed by atoms with Crippen molar-refractivity contribution in [1.29, 1.82) is 0 Å². The molecule has 1 aliphatic heterocycles. The normalized spacial score (nSPS) is 14.6. The van der Waals surface area contributed by atoms with E-state index < -0.39 is 17.5 Å². The van der Waals surface area contributed by atoms with E-state index in [1.54, 1.807) is 7.11 Å². The summed E-state index contributed by atoms with van der Waals surface area (Å²) < 4.78 is 9.92. The Balaban J connectivity index is 1.43. The van der Waals surface area contributed by atoms with Gasteiger partial charge in [0.2, 0.25) is 5.78 Å². The highest BCUT2D eigenvalue weighted by atomic mass is 35.5. The average molecular weight is 561 g/mol. The second-order valence-electron chi connectivity index (χ2n) is 8.74. The van der Waals surface area contributed by atoms with Gasteiger partial charge in [0, 0.05) is 31.4 Å². The second-order valence-corrected chi connectivity index (χ2v) is 9.47. The maximum Gasteiger partial charge on any atom is 0.404 e. The molecule has 38 heavy (non-hydrogen) atoms. The van der Waals surface area contributed by atoms with E-state index in [9.17, 15) is 14.7 Å². The number of aromatic nitrogens is 3. The fraction of sp³-hybridized carbons (Fsp3) is 0.320. The van der Waals surface area contributed by atoms with Gasteiger partial charge in [0.25, 0.3) is 0 Å². The molecule has 1 fully saturated rings. The molecular weight excluding hydrogens is 535 g/mol. The highest BCUT2D eigenvalue weighted by molar-refractivity contribution is 6.38. The summed E-state index contributed by atoms with van der Waals surface area (Å²) in [6.07, 6.45) is 2.62. The number of primary amides is 1. The molecule has 11 nitrogen and oxygen atoms in total. The molecule has 13 heteroatoms. The smallest absolute Gasteiger partial charge is 0.404 e. The third kappa shape index (κ3) is 6.42. The van der Waals surface area contributed by atoms with Gasteiger partial charge in [0.1, 0.15) is 35.3 Å². The maximum absolute atomic E-state index is 13.2. The summed E-state index contributed by atoms with van der Waals surface area (Å²) in [5.74, 6) is 1.05. The number of nitrogens with two attached hydrogens (primary N) is 1. The summed E-state index contributed by atoms with van der Waals surface area (Å²) in [4.78, 5) is 38.8. The van der Waals surface area contributed by atoms with Crippen LogP contribution in [-0.2, 0) is 11.3 Å². The van der Waals surface area contributed by atoms with Crippen LogP contribution in [0.4, 0.5) is 16.4 Å². The van der Waals surface area contributed by atoms with E-state index in [1.807, 2.05) is 29.2 Å². The number of ketones is 1. The quantitative estimate of drug-likeness (QED) is 0.331. The van der Waals surface area contributed by atoms with Gasteiger partial charge in [-0.05, 0) is 36.6 Å². The van der Waals surface area contributed by atoms with Crippen molar-refractivity contribution in [3.8, 4) is 5.75 Å². The number of carbonyl (C=O) groups is 2. The first-order valence-electron chi connectivity index (χ1n) is 11.7. The molecule has 0 atom stereocenters. The Morgan fingerprint density at radius 3 is 2.50 bits per heavy atom. The predicted octanol–water partition coefficient (Wildman–Crippen LogP) is 3.46. The van der Waals surface area contributed by atoms with Crippen molar-refractivity contribution in [3.05, 3.63) is 69.7 Å². The van der Waals surface area contributed by atoms with Crippen LogP contribution in [0.2, 0.25) is 10.2 Å². The SMILES string of the molecule is COc1ccc(CNc2nccc(C(=O)c3ncc(N4CCC(O)(COC(N)=O)CC4)nc3Cl)c2Cl)cc1. The molecule has 3 heterocycles. The number of methoxy groups -OCH3 is 1. The summed E-state index contributed by atoms with van der Waals surface area (Å²) in [6, 6.07) is 9.00. The first-order valence-corrected chi connectivity index (χ1v) is 12.4. The minimum Gasteiger partial charge on any atom is -0.497 e. The summed E-state index contributed by atoms with van der Waals surface area (Å²) in [6.45, 7) is 1.08. The lowest BCUT2D eigenvalue weighted by Crippen LogP contribution is -2.48. The number of nitrogens with one attached hydrogen (secondary N) is 1. The fourth-order valence-corrected chi connectivity index (χ4v) is 4.45. The first kappa shape index (κ1) is 27.4. The third-order valence-electron chi connectivity index (χ3n) is 6.19. The highest BCUT2D eigenvalue weighted by Gasteiger charge is 2.34. The minimum absolute atomic E-state index is 0.0482. The Kier molecular flexibility index (Phi) is 8.50. The second kappa shape index (κ2) is 11.8. The molecule has 3 aromatic rings. The number of hydrogen-bond donors (Lipinski definition) is 3. The number of amides is 1. The molecule has 1 amide bonds. The molecule has 0 saturated carbocycles. The van der Waals surface area contributed by atoms with Gasteiger partial charge in [-0.15, -0.1) is 0 Å². The number of hydrogen-bond acceptors (Lipinski definition) is 10. The van der Waals surface area contributed by atoms with Crippen molar-refractivity contribution in [2.24, 2.45) is 5.73 Å². The van der Waals surface area contributed by atoms with Crippen molar-refractivity contribution in [3.63, 3.8) is 0 Å². The topological polar surface area (TPSA) is 153 Å². The number of aliphatic hydroxyl groups is 1. The zero-order valence-corrected chi connectivity index (χ0v) is 22.0. The van der Waals surface area contributed by atoms with E-state index in [0.717, 1.165) is 11.3 Å². The Hall–Kier alpha value is -3.67. The zero-order valence-electron chi connectivity index (χ0n) is 20.5. The molecule has 0 radical (unpaired) electrons. The third-order valence-corrected chi connectivity index (χ3v) is 6.83. The first-order chi connectivity index (χ1) is 18.2. The number of carbonyl (C=O) groups excluding carboxylic acids is 2. The number of piperidine rings is 1. The van der Waals surface area contributed by atoms with Crippen LogP contribution in [0.3, 0.4) is 0 Å². The molecule has 0 spiro atoms. The number of anilines is 2. The fourth-order valence-electron chi connectivity index (χ4n) is 3.96. The average Bonchev–Trinajstić information content (AvgIpc) is 2.92. The Bertz CT molecular complexity index is 1320. The van der Waals surface area contributed by atoms with Crippen LogP contribution in [0.25, 0.3) is 0 Å². The van der Waals surface area contributed by atoms with E-state index in [0.29, 0.717) is 44.1 Å². The van der Waals surface area contributed by atoms with E-state index in [4.69, 9.17) is 38.4 Å². The van der Waals surface area contributed by atoms with Crippen molar-refractivity contribution in [1.82, 2.24) is 15.0 Å². The van der Waals surface area contributed by atoms with Gasteiger partial charge in [0.15, 0.2) is 5.15 Å². The molecule has 0 bridgehead atoms. The van der Waals surface area contributed by atoms with Crippen molar-refractivity contribution in [2.75, 3.05) is 37.0 Å². The number of rotatable bonds is 9. The van der Waals surface area contributed by atoms with Gasteiger partial charge in [0.05, 0.1) is 18.3 Å². The number of benzene rings is 1. The number of ether oxygens (including phenoxy) is 2. The summed E-state index contributed by atoms with van der Waals surface area (Å²) in [5.41, 5.74) is 4.92. The van der Waals surface area contributed by atoms with Crippen LogP contribution < -0.4 is 20.7 Å². The van der Waals surface area contributed by atoms with E-state index in [1.165, 1.54) is 18.5 Å². The van der Waals surface area contributed by atoms with E-state index in [-0.39, 0.29) is 28.0 Å². The summed E-state index contributed by atoms with van der Waals surface area (Å²) in [5, 5.41) is 13.8. The molecule has 4 N–H and O–H groups in total. The molecule has 200 valence electrons. The van der Waals surface area contributed by atoms with Crippen LogP contribution in [0, 0.1) is 0 Å². The van der Waals surface area contributed by atoms with E-state index in [2.05, 4.69) is 20.3 Å². The molecule has 2 aromatic heterocycles. The monoisotopic (exact) mass is 560 g/mol. The summed E-state index contributed by atoms with van der Waals surface area (Å²) in [7, 11) is 1.60. The van der Waals surface area contributed by atoms with Gasteiger partial charge < -0.3 is 30.5 Å². The molecular formula is C25H26Cl2N6O5. The molecule has 4 rings (SSSR count). The van der Waals surface area contributed by atoms with Gasteiger partial charge >= 0.3 is 6.09 Å². The lowest BCUT2D eigenvalue weighted by molar-refractivity contribution is -0.0368. The van der Waals surface area contributed by atoms with E-state index >= 15 is 0 Å². The zero-order chi connectivity index (χ0) is 27.3. The van der Waals surface area contributed by atoms with Crippen LogP contribution in [0.1, 0.15) is 34.5 Å². The molecule has 1 aromatic carbocycles. The predicted molar refractivity (Wildman–Crippen MR) is 142 cm³/mol. The van der Waals surface area contributed by atoms with Crippen LogP contribution in [0.15, 0.2) is 42.7 Å². The van der Waals surface area contributed by atoms with Crippen molar-refractivity contribution in [2.45, 2.75) is 25.0 Å². The number of pyridine rings is 1. The van der Waals surface area contributed by atoms with Gasteiger partial charge in [-0.3, -0.25) is 4.79 Å². The Morgan fingerprint density at radius 1 is 1.16 bits per heavy atom. The van der Waals surface area contributed by atoms with Crippen LogP contribution >= 0.6 is 23.2 Å². The summed E-state index contributed by atoms with van der Waals surface area (Å²) >= 11 is 12.9. The van der Waals surface area contributed by atoms with Gasteiger partial charge in [-0.25, -0.2) is 19.7 Å². The number of halogens is 2. The van der Waals surface area contributed by atoms with Crippen LogP contribution in [0.5, 0.6) is 5.75 Å². The Morgan fingerprint density at radius 2 is 1.87 bits per heavy atom. The molecule has 1 saturated heterocycles. The molecule has 1 aliphatic rings. The minimum atomic E-state index is -1.17. The Labute approximate surface area is 228 Å². The van der Waals surface area contributed by atoms with Crippen LogP contribution in [-0.4, -0.2) is 64.3 Å². The lowest BCUT2D eigenvalue weighted by atomic mass is 9.92. The van der Waals surface area contributed by atoms with Crippen molar-refractivity contribution >= 4 is 46.7 Å². The number of nitrogens with zero attached hydrogens (tertiary/aromatic N) is 4. The van der Waals surface area contributed by atoms with Gasteiger partial charge in [-0.1, -0.05) is 35.3 Å². The highest BCUT2D eigenvalue weighted by Crippen LogP contribution is 2.30. The molecule has 0 aliphatic carbocycles. The lowest BCUT2D eigenvalue weighted by Gasteiger charge is -2.38. The van der Waals surface area contributed by atoms with Crippen molar-refractivity contribution < 1.29 is 24.2 Å². The largest absolute Gasteiger partial charge is 0.497 e. The maximum atomic E-state index is 13.2. The molecule has 0 unspecified atom stereocenters. The standard InChI is InChI=1S/C25H26Cl2N6O5/c1-37-16-4-2-15(3-5-16)12-31-23-19(26)17(6-9-29-23)21(34)20-22(27)32-18(13-30-20)33-10-7-25(36,8-11-33)14-38-24(28)35/h2-6,9,13,36H,7-8,10-12,14H2,1H3,(H2,28,35)(H,29,31).